The van der Waals surface area contributed by atoms with Gasteiger partial charge in [0.25, 0.3) is 5.91 Å². The number of benzene rings is 2. The third kappa shape index (κ3) is 3.18. The lowest BCUT2D eigenvalue weighted by Crippen LogP contribution is -2.35. The van der Waals surface area contributed by atoms with Crippen LogP contribution in [0.3, 0.4) is 0 Å². The number of carboxylic acid groups (broad SMARTS) is 1. The normalized spacial score (nSPS) is 19.6. The number of likely N-dealkylation sites (tertiary alicyclic amines) is 1. The Balaban J connectivity index is 1.90. The highest BCUT2D eigenvalue weighted by atomic mass is 16.4. The van der Waals surface area contributed by atoms with Crippen molar-refractivity contribution in [1.82, 2.24) is 4.90 Å². The van der Waals surface area contributed by atoms with Gasteiger partial charge in [0.15, 0.2) is 5.78 Å². The van der Waals surface area contributed by atoms with Gasteiger partial charge in [-0.25, -0.2) is 0 Å². The van der Waals surface area contributed by atoms with Crippen LogP contribution in [0.2, 0.25) is 0 Å². The van der Waals surface area contributed by atoms with Crippen LogP contribution in [0.15, 0.2) is 54.6 Å². The largest absolute Gasteiger partial charge is 0.481 e. The summed E-state index contributed by atoms with van der Waals surface area (Å²) in [5.74, 6) is -1.42. The van der Waals surface area contributed by atoms with E-state index in [0.29, 0.717) is 29.7 Å². The van der Waals surface area contributed by atoms with E-state index in [4.69, 9.17) is 0 Å². The van der Waals surface area contributed by atoms with Gasteiger partial charge in [-0.05, 0) is 19.4 Å². The molecule has 1 aliphatic heterocycles. The van der Waals surface area contributed by atoms with Crippen LogP contribution in [0, 0.1) is 5.41 Å². The van der Waals surface area contributed by atoms with Crippen LogP contribution >= 0.6 is 0 Å². The third-order valence-electron chi connectivity index (χ3n) is 4.71. The second-order valence-electron chi connectivity index (χ2n) is 6.58. The number of hydrogen-bond donors (Lipinski definition) is 1. The van der Waals surface area contributed by atoms with Crippen LogP contribution in [0.25, 0.3) is 0 Å². The summed E-state index contributed by atoms with van der Waals surface area (Å²) >= 11 is 0. The summed E-state index contributed by atoms with van der Waals surface area (Å²) in [6.45, 7) is 2.16. The maximum absolute atomic E-state index is 12.9. The summed E-state index contributed by atoms with van der Waals surface area (Å²) in [4.78, 5) is 38.6. The minimum absolute atomic E-state index is 0.148. The van der Waals surface area contributed by atoms with E-state index in [0.717, 1.165) is 0 Å². The second-order valence-corrected chi connectivity index (χ2v) is 6.58. The molecule has 1 aliphatic rings. The zero-order valence-corrected chi connectivity index (χ0v) is 13.9. The highest BCUT2D eigenvalue weighted by molar-refractivity contribution is 6.15. The number of nitrogens with zero attached hydrogens (tertiary/aromatic N) is 1. The van der Waals surface area contributed by atoms with Crippen LogP contribution < -0.4 is 0 Å². The van der Waals surface area contributed by atoms with Crippen LogP contribution in [0.4, 0.5) is 0 Å². The van der Waals surface area contributed by atoms with Gasteiger partial charge in [-0.1, -0.05) is 48.5 Å². The molecule has 0 spiro atoms. The van der Waals surface area contributed by atoms with Crippen molar-refractivity contribution in [1.29, 1.82) is 0 Å². The van der Waals surface area contributed by atoms with Crippen molar-refractivity contribution >= 4 is 17.7 Å². The van der Waals surface area contributed by atoms with Gasteiger partial charge in [0.1, 0.15) is 0 Å². The summed E-state index contributed by atoms with van der Waals surface area (Å²) in [5.41, 5.74) is 0.224. The summed E-state index contributed by atoms with van der Waals surface area (Å²) in [6.07, 6.45) is 0.406. The van der Waals surface area contributed by atoms with Gasteiger partial charge in [-0.2, -0.15) is 0 Å². The minimum atomic E-state index is -0.936. The second kappa shape index (κ2) is 6.51. The molecule has 25 heavy (non-hydrogen) atoms. The number of carbonyl (C=O) groups excluding carboxylic acids is 2. The molecule has 1 atom stereocenters. The number of hydrogen-bond acceptors (Lipinski definition) is 3. The molecule has 3 rings (SSSR count). The number of aliphatic carboxylic acids is 1. The summed E-state index contributed by atoms with van der Waals surface area (Å²) in [5, 5.41) is 9.34. The predicted molar refractivity (Wildman–Crippen MR) is 92.6 cm³/mol. The average molecular weight is 337 g/mol. The van der Waals surface area contributed by atoms with E-state index in [1.165, 1.54) is 4.90 Å². The molecule has 0 saturated carbocycles. The van der Waals surface area contributed by atoms with Crippen molar-refractivity contribution in [3.63, 3.8) is 0 Å². The van der Waals surface area contributed by atoms with Gasteiger partial charge in [-0.3, -0.25) is 14.4 Å². The third-order valence-corrected chi connectivity index (χ3v) is 4.71. The summed E-state index contributed by atoms with van der Waals surface area (Å²) < 4.78 is 0. The zero-order valence-electron chi connectivity index (χ0n) is 13.9. The monoisotopic (exact) mass is 337 g/mol. The molecule has 5 heteroatoms. The number of amides is 1. The van der Waals surface area contributed by atoms with Crippen LogP contribution in [0.5, 0.6) is 0 Å². The SMILES string of the molecule is C[C@@]1(C(=O)O)CCN(C(=O)c2ccccc2C(=O)c2ccccc2)C1. The Kier molecular flexibility index (Phi) is 4.40. The van der Waals surface area contributed by atoms with E-state index in [9.17, 15) is 19.5 Å². The molecule has 0 radical (unpaired) electrons. The van der Waals surface area contributed by atoms with E-state index < -0.39 is 11.4 Å². The fraction of sp³-hybridized carbons (Fsp3) is 0.250. The van der Waals surface area contributed by atoms with Gasteiger partial charge >= 0.3 is 5.97 Å². The number of carboxylic acids is 1. The first-order valence-corrected chi connectivity index (χ1v) is 8.14. The van der Waals surface area contributed by atoms with E-state index in [1.807, 2.05) is 6.07 Å². The van der Waals surface area contributed by atoms with Crippen LogP contribution in [0.1, 0.15) is 39.6 Å². The molecule has 1 amide bonds. The Morgan fingerprint density at radius 1 is 0.960 bits per heavy atom. The summed E-state index contributed by atoms with van der Waals surface area (Å²) in [7, 11) is 0. The molecular formula is C20H19NO4. The standard InChI is InChI=1S/C20H19NO4/c1-20(19(24)25)11-12-21(13-20)18(23)16-10-6-5-9-15(16)17(22)14-7-3-2-4-8-14/h2-10H,11-13H2,1H3,(H,24,25)/t20-/m1/s1. The molecule has 1 saturated heterocycles. The van der Waals surface area contributed by atoms with Crippen molar-refractivity contribution in [2.75, 3.05) is 13.1 Å². The molecule has 5 nitrogen and oxygen atoms in total. The van der Waals surface area contributed by atoms with Crippen molar-refractivity contribution in [2.24, 2.45) is 5.41 Å². The summed E-state index contributed by atoms with van der Waals surface area (Å²) in [6, 6.07) is 15.5. The van der Waals surface area contributed by atoms with E-state index in [2.05, 4.69) is 0 Å². The molecule has 1 N–H and O–H groups in total. The lowest BCUT2D eigenvalue weighted by atomic mass is 9.90. The molecule has 0 bridgehead atoms. The molecule has 2 aromatic rings. The molecule has 1 fully saturated rings. The van der Waals surface area contributed by atoms with Gasteiger partial charge in [0.05, 0.1) is 11.0 Å². The lowest BCUT2D eigenvalue weighted by molar-refractivity contribution is -0.147. The number of ketones is 1. The van der Waals surface area contributed by atoms with Crippen molar-refractivity contribution in [3.05, 3.63) is 71.3 Å². The van der Waals surface area contributed by atoms with Gasteiger partial charge in [0, 0.05) is 24.2 Å². The number of carbonyl (C=O) groups is 3. The Morgan fingerprint density at radius 2 is 1.56 bits per heavy atom. The van der Waals surface area contributed by atoms with Crippen LogP contribution in [-0.4, -0.2) is 40.8 Å². The van der Waals surface area contributed by atoms with E-state index in [-0.39, 0.29) is 18.2 Å². The average Bonchev–Trinajstić information content (AvgIpc) is 3.05. The molecule has 2 aromatic carbocycles. The van der Waals surface area contributed by atoms with Gasteiger partial charge in [-0.15, -0.1) is 0 Å². The number of rotatable bonds is 4. The minimum Gasteiger partial charge on any atom is -0.481 e. The first-order valence-electron chi connectivity index (χ1n) is 8.14. The van der Waals surface area contributed by atoms with E-state index in [1.54, 1.807) is 55.5 Å². The van der Waals surface area contributed by atoms with E-state index >= 15 is 0 Å². The van der Waals surface area contributed by atoms with Crippen molar-refractivity contribution < 1.29 is 19.5 Å². The topological polar surface area (TPSA) is 74.7 Å². The maximum Gasteiger partial charge on any atom is 0.311 e. The van der Waals surface area contributed by atoms with Crippen molar-refractivity contribution in [3.8, 4) is 0 Å². The Bertz CT molecular complexity index is 831. The molecule has 0 aliphatic carbocycles. The molecule has 1 heterocycles. The molecule has 0 unspecified atom stereocenters. The van der Waals surface area contributed by atoms with Crippen LogP contribution in [-0.2, 0) is 4.79 Å². The highest BCUT2D eigenvalue weighted by Crippen LogP contribution is 2.31. The molecular weight excluding hydrogens is 318 g/mol. The Morgan fingerprint density at radius 3 is 2.16 bits per heavy atom. The first-order chi connectivity index (χ1) is 11.9. The maximum atomic E-state index is 12.9. The highest BCUT2D eigenvalue weighted by Gasteiger charge is 2.42. The fourth-order valence-corrected chi connectivity index (χ4v) is 3.09. The van der Waals surface area contributed by atoms with Gasteiger partial charge in [0.2, 0.25) is 0 Å². The van der Waals surface area contributed by atoms with Gasteiger partial charge < -0.3 is 10.0 Å². The Hall–Kier alpha value is -2.95. The quantitative estimate of drug-likeness (QED) is 0.871. The zero-order chi connectivity index (χ0) is 18.0. The smallest absolute Gasteiger partial charge is 0.311 e. The first kappa shape index (κ1) is 16.9. The predicted octanol–water partition coefficient (Wildman–Crippen LogP) is 2.85. The Labute approximate surface area is 145 Å². The fourth-order valence-electron chi connectivity index (χ4n) is 3.09. The van der Waals surface area contributed by atoms with Crippen molar-refractivity contribution in [2.45, 2.75) is 13.3 Å². The molecule has 128 valence electrons. The molecule has 0 aromatic heterocycles. The lowest BCUT2D eigenvalue weighted by Gasteiger charge is -2.21.